The molecule has 0 atom stereocenters. The monoisotopic (exact) mass is 331 g/mol. The number of carbonyl (C=O) groups excluding carboxylic acids is 1. The van der Waals surface area contributed by atoms with Crippen molar-refractivity contribution in [2.24, 2.45) is 0 Å². The van der Waals surface area contributed by atoms with E-state index in [9.17, 15) is 4.79 Å². The van der Waals surface area contributed by atoms with E-state index < -0.39 is 0 Å². The van der Waals surface area contributed by atoms with E-state index in [0.29, 0.717) is 6.42 Å². The Balaban J connectivity index is 3.40. The lowest BCUT2D eigenvalue weighted by Gasteiger charge is -2.00. The van der Waals surface area contributed by atoms with Crippen LogP contribution in [0.1, 0.15) is 78.1 Å². The van der Waals surface area contributed by atoms with Crippen molar-refractivity contribution in [2.45, 2.75) is 78.1 Å². The van der Waals surface area contributed by atoms with Gasteiger partial charge in [0.05, 0.1) is 0 Å². The lowest BCUT2D eigenvalue weighted by molar-refractivity contribution is -0.120. The zero-order valence-corrected chi connectivity index (χ0v) is 15.8. The fraction of sp³-hybridized carbons (Fsp3) is 0.591. The summed E-state index contributed by atoms with van der Waals surface area (Å²) in [6, 6.07) is 0. The normalized spacial score (nSPS) is 12.2. The number of rotatable bonds is 15. The lowest BCUT2D eigenvalue weighted by Crippen LogP contribution is -2.22. The zero-order valence-electron chi connectivity index (χ0n) is 15.8. The summed E-state index contributed by atoms with van der Waals surface area (Å²) in [4.78, 5) is 11.0. The molecule has 0 saturated carbocycles. The minimum Gasteiger partial charge on any atom is -0.356 e. The Bertz CT molecular complexity index is 391. The maximum Gasteiger partial charge on any atom is 0.219 e. The fourth-order valence-corrected chi connectivity index (χ4v) is 2.13. The third-order valence-corrected chi connectivity index (χ3v) is 3.65. The van der Waals surface area contributed by atoms with Crippen LogP contribution in [0.3, 0.4) is 0 Å². The van der Waals surface area contributed by atoms with Gasteiger partial charge >= 0.3 is 0 Å². The molecule has 0 rings (SSSR count). The number of allylic oxidation sites excluding steroid dienone is 8. The summed E-state index contributed by atoms with van der Waals surface area (Å²) in [5, 5.41) is 2.89. The average Bonchev–Trinajstić information content (AvgIpc) is 2.60. The first-order valence-electron chi connectivity index (χ1n) is 9.67. The highest BCUT2D eigenvalue weighted by molar-refractivity contribution is 5.75. The van der Waals surface area contributed by atoms with E-state index in [2.05, 4.69) is 60.8 Å². The van der Waals surface area contributed by atoms with Gasteiger partial charge in [-0.3, -0.25) is 4.79 Å². The summed E-state index contributed by atoms with van der Waals surface area (Å²) < 4.78 is 0. The molecule has 0 bridgehead atoms. The van der Waals surface area contributed by atoms with Crippen molar-refractivity contribution in [1.82, 2.24) is 5.32 Å². The third kappa shape index (κ3) is 18.5. The molecule has 0 aliphatic heterocycles. The molecule has 24 heavy (non-hydrogen) atoms. The third-order valence-electron chi connectivity index (χ3n) is 3.65. The van der Waals surface area contributed by atoms with Crippen LogP contribution in [0.2, 0.25) is 0 Å². The van der Waals surface area contributed by atoms with Crippen molar-refractivity contribution in [3.63, 3.8) is 0 Å². The Hall–Kier alpha value is -1.57. The van der Waals surface area contributed by atoms with Crippen LogP contribution in [-0.4, -0.2) is 12.5 Å². The van der Waals surface area contributed by atoms with Crippen LogP contribution in [0.25, 0.3) is 0 Å². The molecule has 1 N–H and O–H groups in total. The Labute approximate surface area is 149 Å². The molecule has 0 radical (unpaired) electrons. The number of unbranched alkanes of at least 4 members (excludes halogenated alkanes) is 4. The first-order valence-corrected chi connectivity index (χ1v) is 9.67. The summed E-state index contributed by atoms with van der Waals surface area (Å²) in [6.45, 7) is 4.90. The van der Waals surface area contributed by atoms with Crippen LogP contribution in [-0.2, 0) is 4.79 Å². The van der Waals surface area contributed by atoms with Gasteiger partial charge in [-0.2, -0.15) is 0 Å². The van der Waals surface area contributed by atoms with E-state index in [1.54, 1.807) is 0 Å². The first kappa shape index (κ1) is 22.4. The van der Waals surface area contributed by atoms with Gasteiger partial charge in [0.1, 0.15) is 0 Å². The molecule has 0 aliphatic rings. The topological polar surface area (TPSA) is 29.1 Å². The maximum absolute atomic E-state index is 11.0. The second kappa shape index (κ2) is 19.5. The molecule has 0 unspecified atom stereocenters. The van der Waals surface area contributed by atoms with Gasteiger partial charge in [0, 0.05) is 13.0 Å². The molecule has 0 aromatic carbocycles. The van der Waals surface area contributed by atoms with E-state index >= 15 is 0 Å². The highest BCUT2D eigenvalue weighted by Crippen LogP contribution is 2.01. The van der Waals surface area contributed by atoms with E-state index in [1.165, 1.54) is 25.7 Å². The SMILES string of the molecule is CCCCC/C=C\C/C=C\C/C=C\C/C=C\CCCNC(=O)CC. The molecule has 1 amide bonds. The van der Waals surface area contributed by atoms with Crippen LogP contribution in [0.4, 0.5) is 0 Å². The Kier molecular flexibility index (Phi) is 18.2. The van der Waals surface area contributed by atoms with E-state index in [-0.39, 0.29) is 5.91 Å². The van der Waals surface area contributed by atoms with Gasteiger partial charge in [-0.25, -0.2) is 0 Å². The van der Waals surface area contributed by atoms with E-state index in [0.717, 1.165) is 38.6 Å². The molecular formula is C22H37NO. The molecule has 0 aliphatic carbocycles. The van der Waals surface area contributed by atoms with E-state index in [1.807, 2.05) is 6.92 Å². The second-order valence-electron chi connectivity index (χ2n) is 5.93. The summed E-state index contributed by atoms with van der Waals surface area (Å²) in [6.07, 6.45) is 28.7. The first-order chi connectivity index (χ1) is 11.8. The molecule has 136 valence electrons. The molecule has 2 nitrogen and oxygen atoms in total. The summed E-state index contributed by atoms with van der Waals surface area (Å²) in [7, 11) is 0. The van der Waals surface area contributed by atoms with Crippen molar-refractivity contribution in [2.75, 3.05) is 6.54 Å². The predicted octanol–water partition coefficient (Wildman–Crippen LogP) is 6.27. The molecule has 0 fully saturated rings. The molecule has 0 aromatic rings. The van der Waals surface area contributed by atoms with Crippen LogP contribution in [0.15, 0.2) is 48.6 Å². The van der Waals surface area contributed by atoms with Crippen LogP contribution < -0.4 is 5.32 Å². The number of hydrogen-bond donors (Lipinski definition) is 1. The highest BCUT2D eigenvalue weighted by Gasteiger charge is 1.92. The van der Waals surface area contributed by atoms with Crippen LogP contribution in [0, 0.1) is 0 Å². The van der Waals surface area contributed by atoms with Gasteiger partial charge in [-0.1, -0.05) is 75.3 Å². The molecule has 0 spiro atoms. The molecule has 0 saturated heterocycles. The average molecular weight is 332 g/mol. The number of hydrogen-bond acceptors (Lipinski definition) is 1. The van der Waals surface area contributed by atoms with Crippen molar-refractivity contribution in [3.8, 4) is 0 Å². The van der Waals surface area contributed by atoms with Crippen molar-refractivity contribution in [1.29, 1.82) is 0 Å². The van der Waals surface area contributed by atoms with E-state index in [4.69, 9.17) is 0 Å². The molecule has 0 aromatic heterocycles. The fourth-order valence-electron chi connectivity index (χ4n) is 2.13. The molecule has 2 heteroatoms. The van der Waals surface area contributed by atoms with Crippen molar-refractivity contribution < 1.29 is 4.79 Å². The summed E-state index contributed by atoms with van der Waals surface area (Å²) >= 11 is 0. The van der Waals surface area contributed by atoms with Gasteiger partial charge in [0.15, 0.2) is 0 Å². The minimum atomic E-state index is 0.141. The maximum atomic E-state index is 11.0. The largest absolute Gasteiger partial charge is 0.356 e. The van der Waals surface area contributed by atoms with Crippen molar-refractivity contribution in [3.05, 3.63) is 48.6 Å². The Morgan fingerprint density at radius 3 is 1.71 bits per heavy atom. The van der Waals surface area contributed by atoms with Gasteiger partial charge in [-0.05, 0) is 44.9 Å². The van der Waals surface area contributed by atoms with Gasteiger partial charge < -0.3 is 5.32 Å². The Morgan fingerprint density at radius 2 is 1.21 bits per heavy atom. The number of nitrogens with one attached hydrogen (secondary N) is 1. The molecule has 0 heterocycles. The van der Waals surface area contributed by atoms with Crippen LogP contribution >= 0.6 is 0 Å². The second-order valence-corrected chi connectivity index (χ2v) is 5.93. The smallest absolute Gasteiger partial charge is 0.219 e. The zero-order chi connectivity index (χ0) is 17.7. The minimum absolute atomic E-state index is 0.141. The highest BCUT2D eigenvalue weighted by atomic mass is 16.1. The van der Waals surface area contributed by atoms with Gasteiger partial charge in [0.2, 0.25) is 5.91 Å². The predicted molar refractivity (Wildman–Crippen MR) is 107 cm³/mol. The van der Waals surface area contributed by atoms with Crippen molar-refractivity contribution >= 4 is 5.91 Å². The lowest BCUT2D eigenvalue weighted by atomic mass is 10.2. The standard InChI is InChI=1S/C22H37NO/c1-3-5-6-7-8-9-10-11-12-13-14-15-16-17-18-19-20-21-23-22(24)4-2/h8-9,11-12,14-15,17-18H,3-7,10,13,16,19-21H2,1-2H3,(H,23,24)/b9-8-,12-11-,15-14-,18-17-. The number of amides is 1. The summed E-state index contributed by atoms with van der Waals surface area (Å²) in [5.41, 5.74) is 0. The Morgan fingerprint density at radius 1 is 0.708 bits per heavy atom. The van der Waals surface area contributed by atoms with Gasteiger partial charge in [-0.15, -0.1) is 0 Å². The van der Waals surface area contributed by atoms with Gasteiger partial charge in [0.25, 0.3) is 0 Å². The molecular weight excluding hydrogens is 294 g/mol. The van der Waals surface area contributed by atoms with Crippen LogP contribution in [0.5, 0.6) is 0 Å². The quantitative estimate of drug-likeness (QED) is 0.278. The number of carbonyl (C=O) groups is 1. The summed E-state index contributed by atoms with van der Waals surface area (Å²) in [5.74, 6) is 0.141.